The van der Waals surface area contributed by atoms with Crippen LogP contribution in [0.3, 0.4) is 0 Å². The van der Waals surface area contributed by atoms with Crippen molar-refractivity contribution in [2.75, 3.05) is 13.4 Å². The highest BCUT2D eigenvalue weighted by molar-refractivity contribution is 7.90. The summed E-state index contributed by atoms with van der Waals surface area (Å²) < 4.78 is 41.2. The van der Waals surface area contributed by atoms with Crippen LogP contribution < -0.4 is 10.5 Å². The molecular weight excluding hydrogens is 307 g/mol. The number of ether oxygens (including phenoxy) is 1. The van der Waals surface area contributed by atoms with Crippen LogP contribution in [0.2, 0.25) is 0 Å². The van der Waals surface area contributed by atoms with Crippen LogP contribution in [0.4, 0.5) is 10.1 Å². The van der Waals surface area contributed by atoms with Crippen molar-refractivity contribution in [3.05, 3.63) is 53.8 Å². The maximum absolute atomic E-state index is 13.6. The molecule has 22 heavy (non-hydrogen) atoms. The molecule has 7 heteroatoms. The molecule has 2 aromatic rings. The molecule has 116 valence electrons. The van der Waals surface area contributed by atoms with E-state index >= 15 is 0 Å². The average Bonchev–Trinajstić information content (AvgIpc) is 2.46. The molecule has 0 heterocycles. The molecule has 0 bridgehead atoms. The highest BCUT2D eigenvalue weighted by Crippen LogP contribution is 2.20. The molecule has 2 N–H and O–H groups in total. The van der Waals surface area contributed by atoms with Crippen LogP contribution in [0.15, 0.2) is 52.4 Å². The zero-order valence-electron chi connectivity index (χ0n) is 12.1. The number of methoxy groups -OCH3 is 1. The molecule has 0 unspecified atom stereocenters. The van der Waals surface area contributed by atoms with Crippen LogP contribution in [0.25, 0.3) is 0 Å². The van der Waals surface area contributed by atoms with Crippen molar-refractivity contribution in [2.24, 2.45) is 10.7 Å². The van der Waals surface area contributed by atoms with Crippen LogP contribution >= 0.6 is 0 Å². The minimum Gasteiger partial charge on any atom is -0.494 e. The fourth-order valence-electron chi connectivity index (χ4n) is 1.80. The first-order valence-electron chi connectivity index (χ1n) is 6.29. The van der Waals surface area contributed by atoms with E-state index in [1.807, 2.05) is 0 Å². The lowest BCUT2D eigenvalue weighted by Crippen LogP contribution is -2.13. The molecule has 0 saturated heterocycles. The Balaban J connectivity index is 2.30. The van der Waals surface area contributed by atoms with Gasteiger partial charge in [-0.05, 0) is 42.5 Å². The molecule has 0 aliphatic carbocycles. The SMILES string of the molecule is COc1ccc(C(N)=Nc2ccc(S(C)(=O)=O)cc2)cc1F. The van der Waals surface area contributed by atoms with Crippen LogP contribution in [0.5, 0.6) is 5.75 Å². The molecule has 0 aliphatic rings. The van der Waals surface area contributed by atoms with Gasteiger partial charge in [-0.1, -0.05) is 0 Å². The molecule has 0 spiro atoms. The Morgan fingerprint density at radius 2 is 1.82 bits per heavy atom. The maximum Gasteiger partial charge on any atom is 0.175 e. The van der Waals surface area contributed by atoms with Gasteiger partial charge in [0.25, 0.3) is 0 Å². The molecule has 0 amide bonds. The Bertz CT molecular complexity index is 815. The predicted octanol–water partition coefficient (Wildman–Crippen LogP) is 2.27. The Morgan fingerprint density at radius 1 is 1.18 bits per heavy atom. The van der Waals surface area contributed by atoms with Gasteiger partial charge in [0.1, 0.15) is 5.84 Å². The Hall–Kier alpha value is -2.41. The number of nitrogens with zero attached hydrogens (tertiary/aromatic N) is 1. The van der Waals surface area contributed by atoms with Gasteiger partial charge in [0.2, 0.25) is 0 Å². The van der Waals surface area contributed by atoms with Crippen LogP contribution in [0.1, 0.15) is 5.56 Å². The fourth-order valence-corrected chi connectivity index (χ4v) is 2.43. The standard InChI is InChI=1S/C15H15FN2O3S/c1-21-14-8-3-10(9-13(14)16)15(17)18-11-4-6-12(7-5-11)22(2,19)20/h3-9H,1-2H3,(H2,17,18). The van der Waals surface area contributed by atoms with Crippen molar-refractivity contribution in [1.82, 2.24) is 0 Å². The molecule has 0 radical (unpaired) electrons. The number of amidine groups is 1. The van der Waals surface area contributed by atoms with Gasteiger partial charge in [-0.2, -0.15) is 0 Å². The summed E-state index contributed by atoms with van der Waals surface area (Å²) in [5, 5.41) is 0. The molecule has 2 aromatic carbocycles. The van der Waals surface area contributed by atoms with Gasteiger partial charge in [0, 0.05) is 11.8 Å². The second-order valence-corrected chi connectivity index (χ2v) is 6.63. The van der Waals surface area contributed by atoms with E-state index in [1.54, 1.807) is 6.07 Å². The molecule has 5 nitrogen and oxygen atoms in total. The van der Waals surface area contributed by atoms with Crippen molar-refractivity contribution in [2.45, 2.75) is 4.90 Å². The van der Waals surface area contributed by atoms with Crippen LogP contribution in [0, 0.1) is 5.82 Å². The lowest BCUT2D eigenvalue weighted by Gasteiger charge is -2.05. The summed E-state index contributed by atoms with van der Waals surface area (Å²) in [6, 6.07) is 10.2. The van der Waals surface area contributed by atoms with Gasteiger partial charge in [0.15, 0.2) is 21.4 Å². The number of halogens is 1. The summed E-state index contributed by atoms with van der Waals surface area (Å²) >= 11 is 0. The van der Waals surface area contributed by atoms with E-state index in [0.29, 0.717) is 11.3 Å². The summed E-state index contributed by atoms with van der Waals surface area (Å²) in [4.78, 5) is 4.34. The number of benzene rings is 2. The lowest BCUT2D eigenvalue weighted by molar-refractivity contribution is 0.386. The summed E-state index contributed by atoms with van der Waals surface area (Å²) in [5.74, 6) is -0.298. The molecule has 0 aliphatic heterocycles. The van der Waals surface area contributed by atoms with Gasteiger partial charge in [0.05, 0.1) is 17.7 Å². The van der Waals surface area contributed by atoms with Gasteiger partial charge in [-0.15, -0.1) is 0 Å². The average molecular weight is 322 g/mol. The molecular formula is C15H15FN2O3S. The zero-order chi connectivity index (χ0) is 16.3. The summed E-state index contributed by atoms with van der Waals surface area (Å²) in [7, 11) is -1.88. The number of nitrogens with two attached hydrogens (primary N) is 1. The number of sulfone groups is 1. The first-order valence-corrected chi connectivity index (χ1v) is 8.18. The van der Waals surface area contributed by atoms with E-state index in [0.717, 1.165) is 6.26 Å². The summed E-state index contributed by atoms with van der Waals surface area (Å²) in [6.45, 7) is 0. The topological polar surface area (TPSA) is 81.8 Å². The largest absolute Gasteiger partial charge is 0.494 e. The second-order valence-electron chi connectivity index (χ2n) is 4.61. The highest BCUT2D eigenvalue weighted by Gasteiger charge is 2.08. The highest BCUT2D eigenvalue weighted by atomic mass is 32.2. The maximum atomic E-state index is 13.6. The monoisotopic (exact) mass is 322 g/mol. The molecule has 0 saturated carbocycles. The van der Waals surface area contributed by atoms with E-state index in [-0.39, 0.29) is 16.5 Å². The van der Waals surface area contributed by atoms with E-state index in [9.17, 15) is 12.8 Å². The molecule has 2 rings (SSSR count). The van der Waals surface area contributed by atoms with E-state index < -0.39 is 15.7 Å². The number of aliphatic imine (C=N–C) groups is 1. The second kappa shape index (κ2) is 6.15. The Morgan fingerprint density at radius 3 is 2.32 bits per heavy atom. The minimum absolute atomic E-state index is 0.119. The van der Waals surface area contributed by atoms with Gasteiger partial charge in [-0.3, -0.25) is 0 Å². The van der Waals surface area contributed by atoms with E-state index in [2.05, 4.69) is 4.99 Å². The quantitative estimate of drug-likeness (QED) is 0.691. The predicted molar refractivity (Wildman–Crippen MR) is 82.9 cm³/mol. The van der Waals surface area contributed by atoms with Crippen molar-refractivity contribution in [3.63, 3.8) is 0 Å². The third-order valence-corrected chi connectivity index (χ3v) is 4.09. The first-order chi connectivity index (χ1) is 10.3. The fraction of sp³-hybridized carbons (Fsp3) is 0.133. The minimum atomic E-state index is -3.26. The van der Waals surface area contributed by atoms with Crippen molar-refractivity contribution in [3.8, 4) is 5.75 Å². The number of hydrogen-bond donors (Lipinski definition) is 1. The van der Waals surface area contributed by atoms with Gasteiger partial charge < -0.3 is 10.5 Å². The number of hydrogen-bond acceptors (Lipinski definition) is 4. The normalized spacial score (nSPS) is 12.2. The third kappa shape index (κ3) is 3.62. The van der Waals surface area contributed by atoms with Crippen molar-refractivity contribution < 1.29 is 17.5 Å². The van der Waals surface area contributed by atoms with Crippen molar-refractivity contribution >= 4 is 21.4 Å². The van der Waals surface area contributed by atoms with E-state index in [4.69, 9.17) is 10.5 Å². The first kappa shape index (κ1) is 16.0. The van der Waals surface area contributed by atoms with Crippen molar-refractivity contribution in [1.29, 1.82) is 0 Å². The Labute approximate surface area is 128 Å². The van der Waals surface area contributed by atoms with E-state index in [1.165, 1.54) is 43.5 Å². The Kier molecular flexibility index (Phi) is 4.46. The van der Waals surface area contributed by atoms with Crippen LogP contribution in [-0.2, 0) is 9.84 Å². The summed E-state index contributed by atoms with van der Waals surface area (Å²) in [6.07, 6.45) is 1.12. The zero-order valence-corrected chi connectivity index (χ0v) is 12.9. The third-order valence-electron chi connectivity index (χ3n) is 2.96. The van der Waals surface area contributed by atoms with Crippen LogP contribution in [-0.4, -0.2) is 27.6 Å². The van der Waals surface area contributed by atoms with Gasteiger partial charge >= 0.3 is 0 Å². The van der Waals surface area contributed by atoms with Gasteiger partial charge in [-0.25, -0.2) is 17.8 Å². The molecule has 0 atom stereocenters. The summed E-state index contributed by atoms with van der Waals surface area (Å²) in [5.41, 5.74) is 6.72. The molecule has 0 aromatic heterocycles. The number of rotatable bonds is 4. The lowest BCUT2D eigenvalue weighted by atomic mass is 10.2. The molecule has 0 fully saturated rings. The smallest absolute Gasteiger partial charge is 0.175 e.